The lowest BCUT2D eigenvalue weighted by Gasteiger charge is -2.10. The van der Waals surface area contributed by atoms with E-state index in [4.69, 9.17) is 11.6 Å². The summed E-state index contributed by atoms with van der Waals surface area (Å²) in [5, 5.41) is 0. The van der Waals surface area contributed by atoms with Crippen LogP contribution in [-0.4, -0.2) is 14.5 Å². The number of halogens is 2. The predicted octanol–water partition coefficient (Wildman–Crippen LogP) is 4.54. The molecular weight excluding hydrogens is 338 g/mol. The van der Waals surface area contributed by atoms with E-state index in [0.29, 0.717) is 5.88 Å². The second kappa shape index (κ2) is 5.19. The zero-order valence-corrected chi connectivity index (χ0v) is 13.5. The van der Waals surface area contributed by atoms with Gasteiger partial charge in [-0.1, -0.05) is 15.9 Å². The van der Waals surface area contributed by atoms with Gasteiger partial charge in [0.05, 0.1) is 11.6 Å². The highest BCUT2D eigenvalue weighted by Crippen LogP contribution is 2.26. The molecule has 3 nitrogen and oxygen atoms in total. The minimum atomic E-state index is 0.352. The third kappa shape index (κ3) is 2.13. The minimum Gasteiger partial charge on any atom is -0.279 e. The van der Waals surface area contributed by atoms with E-state index < -0.39 is 0 Å². The highest BCUT2D eigenvalue weighted by atomic mass is 79.9. The monoisotopic (exact) mass is 349 g/mol. The summed E-state index contributed by atoms with van der Waals surface area (Å²) in [6.45, 7) is 4.10. The van der Waals surface area contributed by atoms with E-state index in [-0.39, 0.29) is 0 Å². The minimum absolute atomic E-state index is 0.352. The van der Waals surface area contributed by atoms with Gasteiger partial charge in [0.1, 0.15) is 11.3 Å². The molecule has 1 aromatic carbocycles. The zero-order valence-electron chi connectivity index (χ0n) is 11.2. The van der Waals surface area contributed by atoms with Crippen LogP contribution in [-0.2, 0) is 5.88 Å². The number of benzene rings is 1. The van der Waals surface area contributed by atoms with E-state index in [1.54, 1.807) is 0 Å². The molecule has 0 spiro atoms. The van der Waals surface area contributed by atoms with Crippen LogP contribution in [0.15, 0.2) is 34.9 Å². The lowest BCUT2D eigenvalue weighted by molar-refractivity contribution is 0.960. The van der Waals surface area contributed by atoms with E-state index >= 15 is 0 Å². The molecule has 102 valence electrons. The predicted molar refractivity (Wildman–Crippen MR) is 85.6 cm³/mol. The largest absolute Gasteiger partial charge is 0.279 e. The molecule has 0 fully saturated rings. The summed E-state index contributed by atoms with van der Waals surface area (Å²) in [5.74, 6) is 1.17. The Morgan fingerprint density at radius 3 is 2.70 bits per heavy atom. The average Bonchev–Trinajstić information content (AvgIpc) is 2.79. The lowest BCUT2D eigenvalue weighted by Crippen LogP contribution is -2.02. The van der Waals surface area contributed by atoms with Gasteiger partial charge < -0.3 is 0 Å². The number of hydrogen-bond acceptors (Lipinski definition) is 2. The molecule has 5 heteroatoms. The van der Waals surface area contributed by atoms with Gasteiger partial charge in [0.25, 0.3) is 0 Å². The number of imidazole rings is 1. The average molecular weight is 351 g/mol. The van der Waals surface area contributed by atoms with Crippen molar-refractivity contribution in [3.8, 4) is 5.69 Å². The number of aryl methyl sites for hydroxylation is 2. The number of aromatic nitrogens is 3. The fourth-order valence-electron chi connectivity index (χ4n) is 2.35. The summed E-state index contributed by atoms with van der Waals surface area (Å²) in [5.41, 5.74) is 5.07. The van der Waals surface area contributed by atoms with Gasteiger partial charge in [-0.15, -0.1) is 11.6 Å². The number of nitrogens with zero attached hydrogens (tertiary/aromatic N) is 3. The van der Waals surface area contributed by atoms with E-state index in [1.807, 2.05) is 29.8 Å². The van der Waals surface area contributed by atoms with Crippen LogP contribution in [0.4, 0.5) is 0 Å². The first kappa shape index (κ1) is 13.6. The Labute approximate surface area is 130 Å². The molecule has 0 aliphatic carbocycles. The molecule has 3 rings (SSSR count). The molecule has 0 atom stereocenters. The first-order valence-electron chi connectivity index (χ1n) is 6.27. The SMILES string of the molecule is Cc1cc(Br)ccc1-n1c(CCl)nc2c(C)ccnc21. The smallest absolute Gasteiger partial charge is 0.164 e. The summed E-state index contributed by atoms with van der Waals surface area (Å²) in [6, 6.07) is 8.11. The molecule has 2 heterocycles. The van der Waals surface area contributed by atoms with Gasteiger partial charge in [-0.25, -0.2) is 9.97 Å². The molecule has 3 aromatic rings. The maximum atomic E-state index is 6.07. The Hall–Kier alpha value is -1.39. The number of hydrogen-bond donors (Lipinski definition) is 0. The second-order valence-electron chi connectivity index (χ2n) is 4.73. The Balaban J connectivity index is 2.37. The van der Waals surface area contributed by atoms with Crippen molar-refractivity contribution >= 4 is 38.7 Å². The second-order valence-corrected chi connectivity index (χ2v) is 5.91. The summed E-state index contributed by atoms with van der Waals surface area (Å²) in [7, 11) is 0. The van der Waals surface area contributed by atoms with Crippen molar-refractivity contribution in [3.63, 3.8) is 0 Å². The van der Waals surface area contributed by atoms with Crippen LogP contribution in [0.5, 0.6) is 0 Å². The van der Waals surface area contributed by atoms with Crippen molar-refractivity contribution in [3.05, 3.63) is 51.9 Å². The molecule has 0 amide bonds. The summed E-state index contributed by atoms with van der Waals surface area (Å²) in [4.78, 5) is 9.11. The van der Waals surface area contributed by atoms with Gasteiger partial charge in [0.15, 0.2) is 5.65 Å². The zero-order chi connectivity index (χ0) is 14.3. The van der Waals surface area contributed by atoms with E-state index in [2.05, 4.69) is 45.0 Å². The number of fused-ring (bicyclic) bond motifs is 1. The third-order valence-electron chi connectivity index (χ3n) is 3.34. The van der Waals surface area contributed by atoms with Crippen LogP contribution in [0.3, 0.4) is 0 Å². The first-order chi connectivity index (χ1) is 9.61. The molecule has 2 aromatic heterocycles. The number of rotatable bonds is 2. The maximum absolute atomic E-state index is 6.07. The standard InChI is InChI=1S/C15H13BrClN3/c1-9-5-6-18-15-14(9)19-13(8-17)20(15)12-4-3-11(16)7-10(12)2/h3-7H,8H2,1-2H3. The van der Waals surface area contributed by atoms with Crippen LogP contribution in [0, 0.1) is 13.8 Å². The molecule has 0 saturated heterocycles. The summed E-state index contributed by atoms with van der Waals surface area (Å²) < 4.78 is 3.09. The normalized spacial score (nSPS) is 11.2. The lowest BCUT2D eigenvalue weighted by atomic mass is 10.2. The quantitative estimate of drug-likeness (QED) is 0.635. The van der Waals surface area contributed by atoms with Crippen LogP contribution in [0.2, 0.25) is 0 Å². The van der Waals surface area contributed by atoms with Crippen LogP contribution >= 0.6 is 27.5 Å². The Morgan fingerprint density at radius 2 is 2.00 bits per heavy atom. The Bertz CT molecular complexity index is 795. The van der Waals surface area contributed by atoms with Crippen LogP contribution in [0.1, 0.15) is 17.0 Å². The summed E-state index contributed by atoms with van der Waals surface area (Å²) in [6.07, 6.45) is 1.81. The van der Waals surface area contributed by atoms with Gasteiger partial charge in [0.2, 0.25) is 0 Å². The first-order valence-corrected chi connectivity index (χ1v) is 7.60. The molecule has 0 radical (unpaired) electrons. The molecule has 0 bridgehead atoms. The van der Waals surface area contributed by atoms with Gasteiger partial charge in [0, 0.05) is 10.7 Å². The highest BCUT2D eigenvalue weighted by molar-refractivity contribution is 9.10. The fraction of sp³-hybridized carbons (Fsp3) is 0.200. The van der Waals surface area contributed by atoms with Gasteiger partial charge in [-0.2, -0.15) is 0 Å². The number of pyridine rings is 1. The molecule has 0 unspecified atom stereocenters. The van der Waals surface area contributed by atoms with Gasteiger partial charge in [-0.05, 0) is 49.2 Å². The van der Waals surface area contributed by atoms with Crippen LogP contribution < -0.4 is 0 Å². The molecule has 20 heavy (non-hydrogen) atoms. The molecular formula is C15H13BrClN3. The van der Waals surface area contributed by atoms with Crippen molar-refractivity contribution < 1.29 is 0 Å². The summed E-state index contributed by atoms with van der Waals surface area (Å²) >= 11 is 9.56. The van der Waals surface area contributed by atoms with Crippen LogP contribution in [0.25, 0.3) is 16.9 Å². The van der Waals surface area contributed by atoms with Crippen molar-refractivity contribution in [2.45, 2.75) is 19.7 Å². The molecule has 0 aliphatic rings. The van der Waals surface area contributed by atoms with Crippen molar-refractivity contribution in [2.24, 2.45) is 0 Å². The number of alkyl halides is 1. The highest BCUT2D eigenvalue weighted by Gasteiger charge is 2.15. The Morgan fingerprint density at radius 1 is 1.20 bits per heavy atom. The van der Waals surface area contributed by atoms with E-state index in [0.717, 1.165) is 38.3 Å². The Kier molecular flexibility index (Phi) is 3.52. The van der Waals surface area contributed by atoms with E-state index in [1.165, 1.54) is 0 Å². The molecule has 0 saturated carbocycles. The third-order valence-corrected chi connectivity index (χ3v) is 4.07. The molecule has 0 N–H and O–H groups in total. The fourth-order valence-corrected chi connectivity index (χ4v) is 3.01. The topological polar surface area (TPSA) is 30.7 Å². The van der Waals surface area contributed by atoms with Gasteiger partial charge >= 0.3 is 0 Å². The van der Waals surface area contributed by atoms with E-state index in [9.17, 15) is 0 Å². The van der Waals surface area contributed by atoms with Crippen molar-refractivity contribution in [2.75, 3.05) is 0 Å². The maximum Gasteiger partial charge on any atom is 0.164 e. The van der Waals surface area contributed by atoms with Gasteiger partial charge in [-0.3, -0.25) is 4.57 Å². The van der Waals surface area contributed by atoms with Crippen molar-refractivity contribution in [1.82, 2.24) is 14.5 Å². The molecule has 0 aliphatic heterocycles. The van der Waals surface area contributed by atoms with Crippen molar-refractivity contribution in [1.29, 1.82) is 0 Å².